The molecule has 1 aromatic heterocycles. The van der Waals surface area contributed by atoms with Gasteiger partial charge in [0.25, 0.3) is 0 Å². The maximum Gasteiger partial charge on any atom is 0.225 e. The van der Waals surface area contributed by atoms with E-state index in [9.17, 15) is 9.59 Å². The van der Waals surface area contributed by atoms with E-state index in [4.69, 9.17) is 0 Å². The van der Waals surface area contributed by atoms with E-state index in [2.05, 4.69) is 15.7 Å². The van der Waals surface area contributed by atoms with Gasteiger partial charge in [-0.3, -0.25) is 9.59 Å². The molecule has 6 heteroatoms. The molecule has 1 heterocycles. The van der Waals surface area contributed by atoms with E-state index in [1.165, 1.54) is 0 Å². The maximum absolute atomic E-state index is 12.2. The summed E-state index contributed by atoms with van der Waals surface area (Å²) < 4.78 is 1.80. The number of rotatable bonds is 7. The lowest BCUT2D eigenvalue weighted by atomic mass is 9.96. The first-order valence-corrected chi connectivity index (χ1v) is 8.92. The molecule has 2 amide bonds. The highest BCUT2D eigenvalue weighted by molar-refractivity contribution is 5.90. The van der Waals surface area contributed by atoms with Crippen molar-refractivity contribution >= 4 is 17.6 Å². The Balaban J connectivity index is 1.84. The predicted octanol–water partition coefficient (Wildman–Crippen LogP) is 3.12. The van der Waals surface area contributed by atoms with Crippen molar-refractivity contribution < 1.29 is 9.59 Å². The van der Waals surface area contributed by atoms with Gasteiger partial charge in [-0.1, -0.05) is 51.1 Å². The number of hydrogen-bond acceptors (Lipinski definition) is 3. The summed E-state index contributed by atoms with van der Waals surface area (Å²) in [4.78, 5) is 24.0. The van der Waals surface area contributed by atoms with Crippen LogP contribution >= 0.6 is 0 Å². The highest BCUT2D eigenvalue weighted by atomic mass is 16.2. The first-order chi connectivity index (χ1) is 12.3. The number of carbonyl (C=O) groups excluding carboxylic acids is 2. The number of aromatic nitrogens is 2. The molecule has 2 rings (SSSR count). The lowest BCUT2D eigenvalue weighted by molar-refractivity contribution is -0.128. The minimum atomic E-state index is -0.413. The second-order valence-electron chi connectivity index (χ2n) is 7.47. The molecular weight excluding hydrogens is 328 g/mol. The molecule has 0 aliphatic carbocycles. The lowest BCUT2D eigenvalue weighted by Gasteiger charge is -2.17. The number of nitrogens with zero attached hydrogens (tertiary/aromatic N) is 2. The number of carbonyl (C=O) groups is 2. The van der Waals surface area contributed by atoms with Gasteiger partial charge in [-0.15, -0.1) is 0 Å². The Hall–Kier alpha value is -2.63. The van der Waals surface area contributed by atoms with Crippen LogP contribution in [0.3, 0.4) is 0 Å². The van der Waals surface area contributed by atoms with E-state index in [1.807, 2.05) is 64.1 Å². The molecule has 6 nitrogen and oxygen atoms in total. The normalized spacial score (nSPS) is 11.2. The Bertz CT molecular complexity index is 745. The smallest absolute Gasteiger partial charge is 0.225 e. The van der Waals surface area contributed by atoms with Crippen LogP contribution in [0.1, 0.15) is 44.9 Å². The largest absolute Gasteiger partial charge is 0.356 e. The molecule has 0 radical (unpaired) electrons. The van der Waals surface area contributed by atoms with Crippen LogP contribution in [-0.4, -0.2) is 28.1 Å². The Morgan fingerprint density at radius 1 is 1.15 bits per heavy atom. The zero-order chi connectivity index (χ0) is 19.2. The molecule has 0 aliphatic heterocycles. The van der Waals surface area contributed by atoms with Crippen molar-refractivity contribution in [3.05, 3.63) is 47.7 Å². The monoisotopic (exact) mass is 356 g/mol. The molecule has 0 saturated carbocycles. The van der Waals surface area contributed by atoms with E-state index < -0.39 is 5.41 Å². The topological polar surface area (TPSA) is 76.0 Å². The average Bonchev–Trinajstić information content (AvgIpc) is 2.90. The van der Waals surface area contributed by atoms with Gasteiger partial charge in [-0.25, -0.2) is 4.68 Å². The summed E-state index contributed by atoms with van der Waals surface area (Å²) in [5.41, 5.74) is 1.56. The summed E-state index contributed by atoms with van der Waals surface area (Å²) in [5.74, 6) is 0.605. The molecule has 26 heavy (non-hydrogen) atoms. The van der Waals surface area contributed by atoms with Crippen LogP contribution < -0.4 is 10.6 Å². The summed E-state index contributed by atoms with van der Waals surface area (Å²) in [7, 11) is 0. The molecule has 0 saturated heterocycles. The van der Waals surface area contributed by atoms with Gasteiger partial charge >= 0.3 is 0 Å². The first kappa shape index (κ1) is 19.7. The Kier molecular flexibility index (Phi) is 6.55. The van der Waals surface area contributed by atoms with Crippen molar-refractivity contribution in [2.24, 2.45) is 5.41 Å². The molecular formula is C20H28N4O2. The van der Waals surface area contributed by atoms with Crippen LogP contribution in [0.2, 0.25) is 0 Å². The van der Waals surface area contributed by atoms with Gasteiger partial charge in [-0.05, 0) is 18.9 Å². The van der Waals surface area contributed by atoms with Crippen molar-refractivity contribution in [1.82, 2.24) is 15.1 Å². The van der Waals surface area contributed by atoms with Gasteiger partial charge in [0, 0.05) is 24.4 Å². The Morgan fingerprint density at radius 3 is 2.50 bits per heavy atom. The van der Waals surface area contributed by atoms with Crippen molar-refractivity contribution in [3.63, 3.8) is 0 Å². The summed E-state index contributed by atoms with van der Waals surface area (Å²) >= 11 is 0. The quantitative estimate of drug-likeness (QED) is 0.749. The van der Waals surface area contributed by atoms with E-state index in [0.717, 1.165) is 11.3 Å². The van der Waals surface area contributed by atoms with Crippen LogP contribution in [0.4, 0.5) is 5.82 Å². The van der Waals surface area contributed by atoms with E-state index in [0.29, 0.717) is 31.7 Å². The van der Waals surface area contributed by atoms with Crippen LogP contribution in [-0.2, 0) is 16.1 Å². The maximum atomic E-state index is 12.2. The molecule has 0 fully saturated rings. The fourth-order valence-corrected chi connectivity index (χ4v) is 2.44. The number of aryl methyl sites for hydroxylation is 1. The van der Waals surface area contributed by atoms with E-state index in [-0.39, 0.29) is 11.8 Å². The van der Waals surface area contributed by atoms with Gasteiger partial charge in [0.15, 0.2) is 0 Å². The minimum Gasteiger partial charge on any atom is -0.356 e. The summed E-state index contributed by atoms with van der Waals surface area (Å²) in [6.45, 7) is 8.60. The third-order valence-electron chi connectivity index (χ3n) is 3.89. The highest BCUT2D eigenvalue weighted by Crippen LogP contribution is 2.14. The fourth-order valence-electron chi connectivity index (χ4n) is 2.44. The SMILES string of the molecule is Cc1cc(NC(=O)CCCNC(=O)C(C)(C)C)n(Cc2ccccc2)n1. The van der Waals surface area contributed by atoms with Gasteiger partial charge < -0.3 is 10.6 Å². The molecule has 0 aliphatic rings. The standard InChI is InChI=1S/C20H28N4O2/c1-15-13-17(24(23-15)14-16-9-6-5-7-10-16)22-18(25)11-8-12-21-19(26)20(2,3)4/h5-7,9-10,13H,8,11-12,14H2,1-4H3,(H,21,26)(H,22,25). The third-order valence-corrected chi connectivity index (χ3v) is 3.89. The van der Waals surface area contributed by atoms with E-state index in [1.54, 1.807) is 4.68 Å². The Morgan fingerprint density at radius 2 is 1.85 bits per heavy atom. The first-order valence-electron chi connectivity index (χ1n) is 8.92. The second-order valence-corrected chi connectivity index (χ2v) is 7.47. The van der Waals surface area contributed by atoms with Gasteiger partial charge in [-0.2, -0.15) is 5.10 Å². The highest BCUT2D eigenvalue weighted by Gasteiger charge is 2.20. The summed E-state index contributed by atoms with van der Waals surface area (Å²) in [6.07, 6.45) is 0.944. The summed E-state index contributed by atoms with van der Waals surface area (Å²) in [6, 6.07) is 11.9. The number of anilines is 1. The minimum absolute atomic E-state index is 0.00512. The molecule has 2 aromatic rings. The molecule has 1 aromatic carbocycles. The van der Waals surface area contributed by atoms with Crippen molar-refractivity contribution in [1.29, 1.82) is 0 Å². The molecule has 0 atom stereocenters. The van der Waals surface area contributed by atoms with Crippen LogP contribution in [0, 0.1) is 12.3 Å². The number of nitrogens with one attached hydrogen (secondary N) is 2. The summed E-state index contributed by atoms with van der Waals surface area (Å²) in [5, 5.41) is 10.2. The van der Waals surface area contributed by atoms with Crippen molar-refractivity contribution in [3.8, 4) is 0 Å². The van der Waals surface area contributed by atoms with E-state index >= 15 is 0 Å². The molecule has 0 unspecified atom stereocenters. The number of benzene rings is 1. The molecule has 2 N–H and O–H groups in total. The van der Waals surface area contributed by atoms with Crippen LogP contribution in [0.5, 0.6) is 0 Å². The lowest BCUT2D eigenvalue weighted by Crippen LogP contribution is -2.35. The molecule has 0 bridgehead atoms. The zero-order valence-electron chi connectivity index (χ0n) is 16.0. The van der Waals surface area contributed by atoms with Crippen molar-refractivity contribution in [2.45, 2.75) is 47.1 Å². The average molecular weight is 356 g/mol. The van der Waals surface area contributed by atoms with Crippen molar-refractivity contribution in [2.75, 3.05) is 11.9 Å². The van der Waals surface area contributed by atoms with Crippen LogP contribution in [0.15, 0.2) is 36.4 Å². The van der Waals surface area contributed by atoms with Gasteiger partial charge in [0.05, 0.1) is 12.2 Å². The van der Waals surface area contributed by atoms with Crippen LogP contribution in [0.25, 0.3) is 0 Å². The number of amides is 2. The predicted molar refractivity (Wildman–Crippen MR) is 103 cm³/mol. The number of hydrogen-bond donors (Lipinski definition) is 2. The Labute approximate surface area is 155 Å². The van der Waals surface area contributed by atoms with Gasteiger partial charge in [0.1, 0.15) is 5.82 Å². The molecule has 0 spiro atoms. The molecule has 140 valence electrons. The second kappa shape index (κ2) is 8.65. The zero-order valence-corrected chi connectivity index (χ0v) is 16.0. The fraction of sp³-hybridized carbons (Fsp3) is 0.450. The third kappa shape index (κ3) is 6.02. The van der Waals surface area contributed by atoms with Gasteiger partial charge in [0.2, 0.25) is 11.8 Å².